The summed E-state index contributed by atoms with van der Waals surface area (Å²) in [6, 6.07) is 1.81. The van der Waals surface area contributed by atoms with Gasteiger partial charge in [0.25, 0.3) is 5.91 Å². The highest BCUT2D eigenvalue weighted by Crippen LogP contribution is 2.27. The molecule has 1 N–H and O–H groups in total. The van der Waals surface area contributed by atoms with Crippen molar-refractivity contribution in [1.29, 1.82) is 0 Å². The minimum atomic E-state index is -0.982. The van der Waals surface area contributed by atoms with Crippen LogP contribution in [-0.4, -0.2) is 30.5 Å². The number of allylic oxidation sites excluding steroid dienone is 4. The zero-order valence-electron chi connectivity index (χ0n) is 17.7. The van der Waals surface area contributed by atoms with E-state index in [2.05, 4.69) is 16.9 Å². The molecule has 0 aliphatic carbocycles. The zero-order chi connectivity index (χ0) is 23.1. The Bertz CT molecular complexity index is 904. The van der Waals surface area contributed by atoms with Gasteiger partial charge in [0.15, 0.2) is 0 Å². The van der Waals surface area contributed by atoms with E-state index in [4.69, 9.17) is 4.74 Å². The number of hydrogen-bond acceptors (Lipinski definition) is 3. The van der Waals surface area contributed by atoms with Crippen LogP contribution in [0.25, 0.3) is 0 Å². The highest BCUT2D eigenvalue weighted by molar-refractivity contribution is 5.98. The SMILES string of the molecule is C=C/C(F)=C(C[C@H]1COC(C(NC(=O)c2c(F)cccc2F)[C@@H](C)CC)=N1)\C(F)=C/C. The van der Waals surface area contributed by atoms with Crippen molar-refractivity contribution in [2.24, 2.45) is 10.9 Å². The van der Waals surface area contributed by atoms with Gasteiger partial charge >= 0.3 is 0 Å². The topological polar surface area (TPSA) is 50.7 Å². The molecular weight excluding hydrogens is 412 g/mol. The van der Waals surface area contributed by atoms with Gasteiger partial charge in [-0.1, -0.05) is 39.0 Å². The molecule has 4 nitrogen and oxygen atoms in total. The monoisotopic (exact) mass is 438 g/mol. The lowest BCUT2D eigenvalue weighted by Crippen LogP contribution is -2.45. The van der Waals surface area contributed by atoms with Crippen LogP contribution in [0.15, 0.2) is 59.1 Å². The van der Waals surface area contributed by atoms with Crippen LogP contribution in [0.1, 0.15) is 44.0 Å². The van der Waals surface area contributed by atoms with E-state index in [1.54, 1.807) is 0 Å². The van der Waals surface area contributed by atoms with E-state index in [9.17, 15) is 22.4 Å². The van der Waals surface area contributed by atoms with E-state index in [0.717, 1.165) is 24.3 Å². The van der Waals surface area contributed by atoms with E-state index in [0.29, 0.717) is 6.42 Å². The van der Waals surface area contributed by atoms with Crippen molar-refractivity contribution in [1.82, 2.24) is 5.32 Å². The Kier molecular flexibility index (Phi) is 8.59. The summed E-state index contributed by atoms with van der Waals surface area (Å²) < 4.78 is 61.7. The molecule has 168 valence electrons. The van der Waals surface area contributed by atoms with Crippen molar-refractivity contribution in [3.63, 3.8) is 0 Å². The summed E-state index contributed by atoms with van der Waals surface area (Å²) in [5.74, 6) is -4.43. The number of carbonyl (C=O) groups is 1. The van der Waals surface area contributed by atoms with Crippen LogP contribution in [0.2, 0.25) is 0 Å². The van der Waals surface area contributed by atoms with Crippen molar-refractivity contribution in [2.45, 2.75) is 45.7 Å². The van der Waals surface area contributed by atoms with Crippen LogP contribution in [0.3, 0.4) is 0 Å². The first-order chi connectivity index (χ1) is 14.7. The number of hydrogen-bond donors (Lipinski definition) is 1. The molecule has 1 aromatic rings. The van der Waals surface area contributed by atoms with E-state index in [-0.39, 0.29) is 30.4 Å². The highest BCUT2D eigenvalue weighted by Gasteiger charge is 2.33. The number of ether oxygens (including phenoxy) is 1. The molecule has 1 amide bonds. The first kappa shape index (κ1) is 24.4. The van der Waals surface area contributed by atoms with Crippen molar-refractivity contribution < 1.29 is 27.1 Å². The second-order valence-corrected chi connectivity index (χ2v) is 7.24. The lowest BCUT2D eigenvalue weighted by molar-refractivity contribution is 0.0923. The largest absolute Gasteiger partial charge is 0.477 e. The van der Waals surface area contributed by atoms with E-state index < -0.39 is 46.8 Å². The van der Waals surface area contributed by atoms with Crippen LogP contribution in [0.5, 0.6) is 0 Å². The molecule has 1 heterocycles. The molecule has 2 rings (SSSR count). The summed E-state index contributed by atoms with van der Waals surface area (Å²) in [4.78, 5) is 16.9. The van der Waals surface area contributed by atoms with Crippen molar-refractivity contribution in [3.05, 3.63) is 71.4 Å². The Balaban J connectivity index is 2.27. The second kappa shape index (κ2) is 10.9. The molecule has 0 spiro atoms. The minimum absolute atomic E-state index is 0.0527. The standard InChI is InChI=1S/C23H26F4N2O2/c1-5-13(4)21(29-22(30)20-18(26)9-8-10-19(20)27)23-28-14(12-31-23)11-15(16(24)6-2)17(25)7-3/h6-10,13-14,21H,2,5,11-12H2,1,3-4H3,(H,29,30)/b16-15+,17-7+/t13-,14-,21?/m0/s1. The smallest absolute Gasteiger partial charge is 0.257 e. The summed E-state index contributed by atoms with van der Waals surface area (Å²) in [5, 5.41) is 2.59. The summed E-state index contributed by atoms with van der Waals surface area (Å²) in [5.41, 5.74) is -0.868. The molecule has 1 unspecified atom stereocenters. The Hall–Kier alpha value is -2.90. The summed E-state index contributed by atoms with van der Waals surface area (Å²) in [7, 11) is 0. The van der Waals surface area contributed by atoms with Crippen LogP contribution in [0, 0.1) is 17.6 Å². The molecule has 0 aromatic heterocycles. The van der Waals surface area contributed by atoms with Gasteiger partial charge in [0.05, 0.1) is 6.04 Å². The van der Waals surface area contributed by atoms with Gasteiger partial charge in [0.1, 0.15) is 41.5 Å². The fourth-order valence-corrected chi connectivity index (χ4v) is 3.16. The van der Waals surface area contributed by atoms with Gasteiger partial charge < -0.3 is 10.1 Å². The second-order valence-electron chi connectivity index (χ2n) is 7.24. The molecule has 0 fully saturated rings. The number of nitrogens with one attached hydrogen (secondary N) is 1. The fourth-order valence-electron chi connectivity index (χ4n) is 3.16. The number of halogens is 4. The maximum Gasteiger partial charge on any atom is 0.257 e. The Morgan fingerprint density at radius 2 is 2.00 bits per heavy atom. The third-order valence-corrected chi connectivity index (χ3v) is 5.14. The summed E-state index contributed by atoms with van der Waals surface area (Å²) in [6.45, 7) is 8.52. The average molecular weight is 438 g/mol. The van der Waals surface area contributed by atoms with Crippen LogP contribution >= 0.6 is 0 Å². The van der Waals surface area contributed by atoms with Gasteiger partial charge in [-0.25, -0.2) is 22.6 Å². The zero-order valence-corrected chi connectivity index (χ0v) is 17.7. The van der Waals surface area contributed by atoms with Gasteiger partial charge in [0.2, 0.25) is 5.90 Å². The lowest BCUT2D eigenvalue weighted by Gasteiger charge is -2.23. The van der Waals surface area contributed by atoms with Crippen molar-refractivity contribution >= 4 is 11.8 Å². The third-order valence-electron chi connectivity index (χ3n) is 5.14. The van der Waals surface area contributed by atoms with Crippen LogP contribution in [0.4, 0.5) is 17.6 Å². The van der Waals surface area contributed by atoms with Crippen LogP contribution in [-0.2, 0) is 4.74 Å². The molecule has 31 heavy (non-hydrogen) atoms. The number of nitrogens with zero attached hydrogens (tertiary/aromatic N) is 1. The summed E-state index contributed by atoms with van der Waals surface area (Å²) >= 11 is 0. The Morgan fingerprint density at radius 3 is 2.55 bits per heavy atom. The first-order valence-corrected chi connectivity index (χ1v) is 10.0. The van der Waals surface area contributed by atoms with Crippen LogP contribution < -0.4 is 5.32 Å². The van der Waals surface area contributed by atoms with Gasteiger partial charge in [0, 0.05) is 12.0 Å². The van der Waals surface area contributed by atoms with E-state index >= 15 is 0 Å². The van der Waals surface area contributed by atoms with Gasteiger partial charge in [-0.15, -0.1) is 0 Å². The molecule has 0 radical (unpaired) electrons. The lowest BCUT2D eigenvalue weighted by atomic mass is 9.98. The molecule has 3 atom stereocenters. The van der Waals surface area contributed by atoms with Gasteiger partial charge in [-0.05, 0) is 31.1 Å². The van der Waals surface area contributed by atoms with Gasteiger partial charge in [-0.2, -0.15) is 0 Å². The highest BCUT2D eigenvalue weighted by atomic mass is 19.1. The molecule has 0 saturated heterocycles. The van der Waals surface area contributed by atoms with Gasteiger partial charge in [-0.3, -0.25) is 4.79 Å². The number of rotatable bonds is 9. The average Bonchev–Trinajstić information content (AvgIpc) is 3.22. The summed E-state index contributed by atoms with van der Waals surface area (Å²) in [6.07, 6.45) is 2.61. The van der Waals surface area contributed by atoms with E-state index in [1.807, 2.05) is 13.8 Å². The minimum Gasteiger partial charge on any atom is -0.477 e. The molecule has 1 aliphatic rings. The van der Waals surface area contributed by atoms with E-state index in [1.165, 1.54) is 13.0 Å². The predicted molar refractivity (Wildman–Crippen MR) is 112 cm³/mol. The molecule has 1 aliphatic heterocycles. The quantitative estimate of drug-likeness (QED) is 0.404. The molecular formula is C23H26F4N2O2. The number of benzene rings is 1. The normalized spacial score (nSPS) is 19.1. The van der Waals surface area contributed by atoms with Crippen molar-refractivity contribution in [2.75, 3.05) is 6.61 Å². The molecule has 0 bridgehead atoms. The Labute approximate surface area is 179 Å². The maximum absolute atomic E-state index is 14.1. The first-order valence-electron chi connectivity index (χ1n) is 10.0. The fraction of sp³-hybridized carbons (Fsp3) is 0.391. The molecule has 0 saturated carbocycles. The number of carbonyl (C=O) groups excluding carboxylic acids is 1. The third kappa shape index (κ3) is 5.83. The predicted octanol–water partition coefficient (Wildman–Crippen LogP) is 5.58. The number of amides is 1. The Morgan fingerprint density at radius 1 is 1.35 bits per heavy atom. The molecule has 1 aromatic carbocycles. The number of aliphatic imine (C=N–C) groups is 1. The molecule has 8 heteroatoms. The van der Waals surface area contributed by atoms with Crippen molar-refractivity contribution in [3.8, 4) is 0 Å². The maximum atomic E-state index is 14.1.